The van der Waals surface area contributed by atoms with Gasteiger partial charge in [-0.3, -0.25) is 9.59 Å². The number of piperidine rings is 1. The Balaban J connectivity index is 1.66. The number of nitrogens with zero attached hydrogens (tertiary/aromatic N) is 1. The van der Waals surface area contributed by atoms with Crippen LogP contribution in [0.15, 0.2) is 60.7 Å². The van der Waals surface area contributed by atoms with Gasteiger partial charge in [0.2, 0.25) is 11.8 Å². The van der Waals surface area contributed by atoms with Gasteiger partial charge in [0.15, 0.2) is 0 Å². The Bertz CT molecular complexity index is 713. The highest BCUT2D eigenvalue weighted by atomic mass is 16.2. The van der Waals surface area contributed by atoms with Crippen LogP contribution >= 0.6 is 0 Å². The van der Waals surface area contributed by atoms with Crippen molar-refractivity contribution in [3.05, 3.63) is 71.8 Å². The number of unbranched alkanes of at least 4 members (excludes halogenated alkanes) is 1. The molecule has 1 heterocycles. The third-order valence-electron chi connectivity index (χ3n) is 5.44. The van der Waals surface area contributed by atoms with E-state index in [0.717, 1.165) is 36.8 Å². The number of hydrogen-bond acceptors (Lipinski definition) is 2. The number of carbonyl (C=O) groups is 2. The van der Waals surface area contributed by atoms with E-state index in [1.54, 1.807) is 0 Å². The second-order valence-electron chi connectivity index (χ2n) is 7.53. The number of benzene rings is 2. The summed E-state index contributed by atoms with van der Waals surface area (Å²) in [5.41, 5.74) is 2.04. The van der Waals surface area contributed by atoms with E-state index in [4.69, 9.17) is 0 Å². The average Bonchev–Trinajstić information content (AvgIpc) is 2.74. The SMILES string of the molecule is CCCCC(=O)NC1CCN(C(=O)C(c2ccccc2)c2ccccc2)CC1. The molecular weight excluding hydrogens is 348 g/mol. The normalized spacial score (nSPS) is 14.9. The van der Waals surface area contributed by atoms with Crippen molar-refractivity contribution in [3.63, 3.8) is 0 Å². The van der Waals surface area contributed by atoms with Gasteiger partial charge in [-0.25, -0.2) is 0 Å². The van der Waals surface area contributed by atoms with Gasteiger partial charge in [0, 0.05) is 25.6 Å². The van der Waals surface area contributed by atoms with Crippen LogP contribution in [0.5, 0.6) is 0 Å². The van der Waals surface area contributed by atoms with Crippen LogP contribution in [0.4, 0.5) is 0 Å². The van der Waals surface area contributed by atoms with Gasteiger partial charge >= 0.3 is 0 Å². The summed E-state index contributed by atoms with van der Waals surface area (Å²) in [6, 6.07) is 20.2. The summed E-state index contributed by atoms with van der Waals surface area (Å²) in [5.74, 6) is 0.00401. The molecule has 1 fully saturated rings. The van der Waals surface area contributed by atoms with Crippen molar-refractivity contribution in [3.8, 4) is 0 Å². The van der Waals surface area contributed by atoms with Crippen LogP contribution in [0.1, 0.15) is 56.1 Å². The molecule has 0 unspecified atom stereocenters. The lowest BCUT2D eigenvalue weighted by molar-refractivity contribution is -0.133. The highest BCUT2D eigenvalue weighted by Crippen LogP contribution is 2.28. The van der Waals surface area contributed by atoms with Crippen molar-refractivity contribution in [1.82, 2.24) is 10.2 Å². The molecule has 28 heavy (non-hydrogen) atoms. The zero-order valence-electron chi connectivity index (χ0n) is 16.6. The molecule has 1 N–H and O–H groups in total. The minimum absolute atomic E-state index is 0.137. The van der Waals surface area contributed by atoms with E-state index >= 15 is 0 Å². The molecule has 0 atom stereocenters. The summed E-state index contributed by atoms with van der Waals surface area (Å²) in [6.07, 6.45) is 4.19. The van der Waals surface area contributed by atoms with Gasteiger partial charge in [0.25, 0.3) is 0 Å². The molecule has 0 aromatic heterocycles. The van der Waals surface area contributed by atoms with Gasteiger partial charge < -0.3 is 10.2 Å². The first kappa shape index (κ1) is 20.1. The van der Waals surface area contributed by atoms with Crippen LogP contribution in [0, 0.1) is 0 Å². The Labute approximate surface area is 167 Å². The van der Waals surface area contributed by atoms with E-state index < -0.39 is 0 Å². The molecule has 4 heteroatoms. The summed E-state index contributed by atoms with van der Waals surface area (Å²) >= 11 is 0. The lowest BCUT2D eigenvalue weighted by Crippen LogP contribution is -2.47. The van der Waals surface area contributed by atoms with Gasteiger partial charge in [-0.05, 0) is 30.4 Å². The van der Waals surface area contributed by atoms with Crippen molar-refractivity contribution in [1.29, 1.82) is 0 Å². The van der Waals surface area contributed by atoms with E-state index in [1.165, 1.54) is 0 Å². The molecular formula is C24H30N2O2. The molecule has 0 aliphatic carbocycles. The van der Waals surface area contributed by atoms with Gasteiger partial charge in [-0.15, -0.1) is 0 Å². The van der Waals surface area contributed by atoms with E-state index in [0.29, 0.717) is 19.5 Å². The lowest BCUT2D eigenvalue weighted by Gasteiger charge is -2.35. The highest BCUT2D eigenvalue weighted by Gasteiger charge is 2.30. The fraction of sp³-hybridized carbons (Fsp3) is 0.417. The maximum Gasteiger partial charge on any atom is 0.234 e. The summed E-state index contributed by atoms with van der Waals surface area (Å²) in [5, 5.41) is 3.13. The molecule has 0 saturated carbocycles. The Morgan fingerprint density at radius 3 is 2.00 bits per heavy atom. The zero-order chi connectivity index (χ0) is 19.8. The van der Waals surface area contributed by atoms with Crippen LogP contribution in [-0.4, -0.2) is 35.8 Å². The molecule has 2 amide bonds. The first-order valence-electron chi connectivity index (χ1n) is 10.4. The predicted molar refractivity (Wildman–Crippen MR) is 112 cm³/mol. The topological polar surface area (TPSA) is 49.4 Å². The number of carbonyl (C=O) groups excluding carboxylic acids is 2. The van der Waals surface area contributed by atoms with Crippen LogP contribution in [-0.2, 0) is 9.59 Å². The summed E-state index contributed by atoms with van der Waals surface area (Å²) in [6.45, 7) is 3.47. The molecule has 2 aromatic rings. The molecule has 0 spiro atoms. The summed E-state index contributed by atoms with van der Waals surface area (Å²) in [7, 11) is 0. The molecule has 1 aliphatic rings. The monoisotopic (exact) mass is 378 g/mol. The molecule has 2 aromatic carbocycles. The van der Waals surface area contributed by atoms with Crippen molar-refractivity contribution < 1.29 is 9.59 Å². The van der Waals surface area contributed by atoms with Crippen molar-refractivity contribution in [2.24, 2.45) is 0 Å². The maximum absolute atomic E-state index is 13.4. The molecule has 1 saturated heterocycles. The summed E-state index contributed by atoms with van der Waals surface area (Å²) in [4.78, 5) is 27.3. The number of rotatable bonds is 7. The molecule has 3 rings (SSSR count). The quantitative estimate of drug-likeness (QED) is 0.788. The molecule has 148 valence electrons. The average molecular weight is 379 g/mol. The minimum Gasteiger partial charge on any atom is -0.353 e. The number of hydrogen-bond donors (Lipinski definition) is 1. The number of likely N-dealkylation sites (tertiary alicyclic amines) is 1. The first-order chi connectivity index (χ1) is 13.7. The minimum atomic E-state index is -0.280. The lowest BCUT2D eigenvalue weighted by atomic mass is 9.89. The van der Waals surface area contributed by atoms with Crippen molar-refractivity contribution in [2.75, 3.05) is 13.1 Å². The predicted octanol–water partition coefficient (Wildman–Crippen LogP) is 4.12. The van der Waals surface area contributed by atoms with Gasteiger partial charge in [-0.2, -0.15) is 0 Å². The van der Waals surface area contributed by atoms with Crippen LogP contribution in [0.3, 0.4) is 0 Å². The Morgan fingerprint density at radius 2 is 1.50 bits per heavy atom. The Morgan fingerprint density at radius 1 is 0.964 bits per heavy atom. The third-order valence-corrected chi connectivity index (χ3v) is 5.44. The smallest absolute Gasteiger partial charge is 0.234 e. The van der Waals surface area contributed by atoms with Crippen LogP contribution < -0.4 is 5.32 Å². The molecule has 0 radical (unpaired) electrons. The maximum atomic E-state index is 13.4. The van der Waals surface area contributed by atoms with Crippen LogP contribution in [0.25, 0.3) is 0 Å². The van der Waals surface area contributed by atoms with E-state index in [9.17, 15) is 9.59 Å². The van der Waals surface area contributed by atoms with E-state index in [-0.39, 0.29) is 23.8 Å². The van der Waals surface area contributed by atoms with Crippen molar-refractivity contribution >= 4 is 11.8 Å². The van der Waals surface area contributed by atoms with Crippen molar-refractivity contribution in [2.45, 2.75) is 51.0 Å². The van der Waals surface area contributed by atoms with Gasteiger partial charge in [0.05, 0.1) is 5.92 Å². The first-order valence-corrected chi connectivity index (χ1v) is 10.4. The number of amides is 2. The van der Waals surface area contributed by atoms with E-state index in [2.05, 4.69) is 12.2 Å². The van der Waals surface area contributed by atoms with Crippen LogP contribution in [0.2, 0.25) is 0 Å². The largest absolute Gasteiger partial charge is 0.353 e. The second kappa shape index (κ2) is 10.1. The van der Waals surface area contributed by atoms with E-state index in [1.807, 2.05) is 65.6 Å². The summed E-state index contributed by atoms with van der Waals surface area (Å²) < 4.78 is 0. The zero-order valence-corrected chi connectivity index (χ0v) is 16.6. The van der Waals surface area contributed by atoms with Gasteiger partial charge in [-0.1, -0.05) is 74.0 Å². The number of nitrogens with one attached hydrogen (secondary N) is 1. The van der Waals surface area contributed by atoms with Gasteiger partial charge in [0.1, 0.15) is 0 Å². The fourth-order valence-electron chi connectivity index (χ4n) is 3.83. The second-order valence-corrected chi connectivity index (χ2v) is 7.53. The molecule has 4 nitrogen and oxygen atoms in total. The third kappa shape index (κ3) is 5.22. The highest BCUT2D eigenvalue weighted by molar-refractivity contribution is 5.87. The molecule has 1 aliphatic heterocycles. The molecule has 0 bridgehead atoms. The Hall–Kier alpha value is -2.62. The Kier molecular flexibility index (Phi) is 7.24. The standard InChI is InChI=1S/C24H30N2O2/c1-2-3-14-22(27)25-21-15-17-26(18-16-21)24(28)23(19-10-6-4-7-11-19)20-12-8-5-9-13-20/h4-13,21,23H,2-3,14-18H2,1H3,(H,25,27). The fourth-order valence-corrected chi connectivity index (χ4v) is 3.83.